The molecule has 0 aromatic carbocycles. The van der Waals surface area contributed by atoms with Gasteiger partial charge in [-0.2, -0.15) is 0 Å². The molecule has 0 spiro atoms. The third-order valence-electron chi connectivity index (χ3n) is 2.71. The summed E-state index contributed by atoms with van der Waals surface area (Å²) in [5.74, 6) is 0. The molecule has 0 bridgehead atoms. The van der Waals surface area contributed by atoms with E-state index in [2.05, 4.69) is 20.5 Å². The number of aryl methyl sites for hydroxylation is 1. The Morgan fingerprint density at radius 3 is 3.00 bits per heavy atom. The molecule has 19 heavy (non-hydrogen) atoms. The summed E-state index contributed by atoms with van der Waals surface area (Å²) >= 11 is 2.86. The summed E-state index contributed by atoms with van der Waals surface area (Å²) in [6.45, 7) is 2.36. The predicted octanol–water partition coefficient (Wildman–Crippen LogP) is 1.71. The van der Waals surface area contributed by atoms with Gasteiger partial charge >= 0.3 is 0 Å². The fourth-order valence-corrected chi connectivity index (χ4v) is 3.38. The lowest BCUT2D eigenvalue weighted by Gasteiger charge is -2.01. The third kappa shape index (κ3) is 2.13. The molecule has 3 rings (SSSR count). The second-order valence-electron chi connectivity index (χ2n) is 4.03. The Bertz CT molecular complexity index is 788. The Morgan fingerprint density at radius 2 is 2.26 bits per heavy atom. The van der Waals surface area contributed by atoms with Crippen molar-refractivity contribution in [2.24, 2.45) is 0 Å². The van der Waals surface area contributed by atoms with Crippen molar-refractivity contribution in [1.82, 2.24) is 19.7 Å². The largest absolute Gasteiger partial charge is 0.363 e. The topological polar surface area (TPSA) is 72.7 Å². The normalized spacial score (nSPS) is 11.1. The van der Waals surface area contributed by atoms with Crippen molar-refractivity contribution in [3.05, 3.63) is 32.6 Å². The number of anilines is 1. The minimum Gasteiger partial charge on any atom is -0.363 e. The van der Waals surface area contributed by atoms with Gasteiger partial charge in [-0.15, -0.1) is 21.5 Å². The molecule has 0 atom stereocenters. The summed E-state index contributed by atoms with van der Waals surface area (Å²) < 4.78 is 2.26. The molecule has 3 heterocycles. The van der Waals surface area contributed by atoms with Crippen LogP contribution in [0.15, 0.2) is 16.5 Å². The van der Waals surface area contributed by atoms with E-state index in [0.717, 1.165) is 21.2 Å². The van der Waals surface area contributed by atoms with Crippen molar-refractivity contribution in [2.75, 3.05) is 12.4 Å². The molecule has 0 aliphatic heterocycles. The molecular weight excluding hydrogens is 282 g/mol. The number of nitrogens with one attached hydrogen (secondary N) is 1. The molecule has 0 saturated heterocycles. The minimum atomic E-state index is -0.0238. The number of hydrogen-bond acceptors (Lipinski definition) is 7. The van der Waals surface area contributed by atoms with Gasteiger partial charge in [0.1, 0.15) is 9.71 Å². The average Bonchev–Trinajstić information content (AvgIpc) is 3.00. The van der Waals surface area contributed by atoms with Gasteiger partial charge in [-0.1, -0.05) is 11.3 Å². The van der Waals surface area contributed by atoms with Crippen LogP contribution in [0.25, 0.3) is 10.2 Å². The summed E-state index contributed by atoms with van der Waals surface area (Å²) in [4.78, 5) is 16.6. The zero-order chi connectivity index (χ0) is 13.4. The first-order chi connectivity index (χ1) is 9.19. The number of aromatic nitrogens is 4. The molecule has 0 aliphatic carbocycles. The first-order valence-corrected chi connectivity index (χ1v) is 7.32. The van der Waals surface area contributed by atoms with Gasteiger partial charge in [0.15, 0.2) is 0 Å². The highest BCUT2D eigenvalue weighted by atomic mass is 32.1. The van der Waals surface area contributed by atoms with Gasteiger partial charge in [0, 0.05) is 7.05 Å². The number of nitrogens with zero attached hydrogens (tertiary/aromatic N) is 4. The van der Waals surface area contributed by atoms with Gasteiger partial charge in [-0.3, -0.25) is 9.36 Å². The van der Waals surface area contributed by atoms with Crippen LogP contribution >= 0.6 is 22.7 Å². The SMILES string of the molecule is CNc1nnc(Cn2cnc3c(C)csc3c2=O)s1. The summed E-state index contributed by atoms with van der Waals surface area (Å²) in [5.41, 5.74) is 1.81. The quantitative estimate of drug-likeness (QED) is 0.796. The molecule has 0 saturated carbocycles. The first kappa shape index (κ1) is 12.2. The van der Waals surface area contributed by atoms with Crippen LogP contribution in [0.4, 0.5) is 5.13 Å². The van der Waals surface area contributed by atoms with E-state index >= 15 is 0 Å². The van der Waals surface area contributed by atoms with E-state index in [1.54, 1.807) is 17.9 Å². The lowest BCUT2D eigenvalue weighted by Crippen LogP contribution is -2.20. The average molecular weight is 293 g/mol. The van der Waals surface area contributed by atoms with Gasteiger partial charge in [-0.05, 0) is 17.9 Å². The molecule has 8 heteroatoms. The van der Waals surface area contributed by atoms with E-state index in [0.29, 0.717) is 11.2 Å². The zero-order valence-corrected chi connectivity index (χ0v) is 12.0. The lowest BCUT2D eigenvalue weighted by molar-refractivity contribution is 0.735. The summed E-state index contributed by atoms with van der Waals surface area (Å²) in [6.07, 6.45) is 1.57. The molecule has 0 radical (unpaired) electrons. The van der Waals surface area contributed by atoms with Gasteiger partial charge in [-0.25, -0.2) is 4.98 Å². The van der Waals surface area contributed by atoms with E-state index in [4.69, 9.17) is 0 Å². The number of fused-ring (bicyclic) bond motifs is 1. The molecule has 3 aromatic rings. The summed E-state index contributed by atoms with van der Waals surface area (Å²) in [6, 6.07) is 0. The highest BCUT2D eigenvalue weighted by molar-refractivity contribution is 7.17. The van der Waals surface area contributed by atoms with Gasteiger partial charge in [0.25, 0.3) is 5.56 Å². The van der Waals surface area contributed by atoms with Crippen LogP contribution in [0.1, 0.15) is 10.6 Å². The van der Waals surface area contributed by atoms with Crippen LogP contribution in [-0.2, 0) is 6.54 Å². The van der Waals surface area contributed by atoms with E-state index in [1.165, 1.54) is 22.7 Å². The van der Waals surface area contributed by atoms with Crippen LogP contribution in [0.2, 0.25) is 0 Å². The molecule has 0 aliphatic rings. The molecule has 98 valence electrons. The van der Waals surface area contributed by atoms with Crippen molar-refractivity contribution in [1.29, 1.82) is 0 Å². The standard InChI is InChI=1S/C11H11N5OS2/c1-6-4-18-9-8(6)13-5-16(10(9)17)3-7-14-15-11(12-2)19-7/h4-5H,3H2,1-2H3,(H,12,15). The molecular formula is C11H11N5OS2. The van der Waals surface area contributed by atoms with Gasteiger partial charge in [0.2, 0.25) is 5.13 Å². The molecule has 1 N–H and O–H groups in total. The van der Waals surface area contributed by atoms with Crippen molar-refractivity contribution in [2.45, 2.75) is 13.5 Å². The van der Waals surface area contributed by atoms with E-state index in [-0.39, 0.29) is 5.56 Å². The molecule has 0 amide bonds. The van der Waals surface area contributed by atoms with Gasteiger partial charge < -0.3 is 5.32 Å². The maximum Gasteiger partial charge on any atom is 0.271 e. The van der Waals surface area contributed by atoms with Crippen LogP contribution in [0, 0.1) is 6.92 Å². The Kier molecular flexibility index (Phi) is 3.03. The maximum absolute atomic E-state index is 12.3. The Morgan fingerprint density at radius 1 is 1.42 bits per heavy atom. The van der Waals surface area contributed by atoms with Crippen LogP contribution in [0.3, 0.4) is 0 Å². The fourth-order valence-electron chi connectivity index (χ4n) is 1.74. The lowest BCUT2D eigenvalue weighted by atomic mass is 10.3. The number of thiophene rings is 1. The predicted molar refractivity (Wildman–Crippen MR) is 77.2 cm³/mol. The van der Waals surface area contributed by atoms with Crippen LogP contribution < -0.4 is 10.9 Å². The number of rotatable bonds is 3. The Balaban J connectivity index is 2.01. The Labute approximate surface area is 116 Å². The molecule has 0 unspecified atom stereocenters. The van der Waals surface area contributed by atoms with Crippen LogP contribution in [-0.4, -0.2) is 26.8 Å². The van der Waals surface area contributed by atoms with Crippen molar-refractivity contribution < 1.29 is 0 Å². The third-order valence-corrected chi connectivity index (χ3v) is 4.71. The number of hydrogen-bond donors (Lipinski definition) is 1. The van der Waals surface area contributed by atoms with Crippen molar-refractivity contribution >= 4 is 38.0 Å². The first-order valence-electron chi connectivity index (χ1n) is 5.62. The highest BCUT2D eigenvalue weighted by Gasteiger charge is 2.10. The maximum atomic E-state index is 12.3. The van der Waals surface area contributed by atoms with E-state index < -0.39 is 0 Å². The highest BCUT2D eigenvalue weighted by Crippen LogP contribution is 2.20. The van der Waals surface area contributed by atoms with Gasteiger partial charge in [0.05, 0.1) is 18.4 Å². The molecule has 3 aromatic heterocycles. The zero-order valence-electron chi connectivity index (χ0n) is 10.4. The van der Waals surface area contributed by atoms with Crippen molar-refractivity contribution in [3.8, 4) is 0 Å². The summed E-state index contributed by atoms with van der Waals surface area (Å²) in [7, 11) is 1.79. The van der Waals surface area contributed by atoms with Crippen LogP contribution in [0.5, 0.6) is 0 Å². The Hall–Kier alpha value is -1.80. The molecule has 6 nitrogen and oxygen atoms in total. The van der Waals surface area contributed by atoms with E-state index in [9.17, 15) is 4.79 Å². The summed E-state index contributed by atoms with van der Waals surface area (Å²) in [5, 5.41) is 14.4. The second kappa shape index (κ2) is 4.71. The molecule has 0 fully saturated rings. The van der Waals surface area contributed by atoms with Crippen molar-refractivity contribution in [3.63, 3.8) is 0 Å². The monoisotopic (exact) mass is 293 g/mol. The minimum absolute atomic E-state index is 0.0238. The van der Waals surface area contributed by atoms with E-state index in [1.807, 2.05) is 12.3 Å². The fraction of sp³-hybridized carbons (Fsp3) is 0.273. The second-order valence-corrected chi connectivity index (χ2v) is 5.97. The smallest absolute Gasteiger partial charge is 0.271 e.